The van der Waals surface area contributed by atoms with Crippen molar-refractivity contribution < 1.29 is 0 Å². The molecule has 14 heavy (non-hydrogen) atoms. The molecule has 0 aromatic carbocycles. The molecule has 0 saturated heterocycles. The first-order valence-electron chi connectivity index (χ1n) is 5.84. The van der Waals surface area contributed by atoms with Crippen molar-refractivity contribution in [1.82, 2.24) is 0 Å². The first kappa shape index (κ1) is 13.2. The zero-order chi connectivity index (χ0) is 10.5. The molecule has 0 amide bonds. The normalized spacial score (nSPS) is 14.9. The van der Waals surface area contributed by atoms with Crippen LogP contribution in [0.3, 0.4) is 0 Å². The molecule has 0 bridgehead atoms. The topological polar surface area (TPSA) is 0 Å². The van der Waals surface area contributed by atoms with Crippen molar-refractivity contribution >= 4 is 0 Å². The van der Waals surface area contributed by atoms with Gasteiger partial charge in [-0.3, -0.25) is 0 Å². The Bertz CT molecular complexity index is 155. The van der Waals surface area contributed by atoms with Gasteiger partial charge in [-0.15, -0.1) is 0 Å². The summed E-state index contributed by atoms with van der Waals surface area (Å²) in [5.41, 5.74) is 0. The van der Waals surface area contributed by atoms with Crippen molar-refractivity contribution in [2.75, 3.05) is 0 Å². The summed E-state index contributed by atoms with van der Waals surface area (Å²) in [5.74, 6) is 0. The van der Waals surface area contributed by atoms with Crippen molar-refractivity contribution in [1.29, 1.82) is 0 Å². The van der Waals surface area contributed by atoms with E-state index in [0.717, 1.165) is 0 Å². The zero-order valence-corrected chi connectivity index (χ0v) is 9.54. The quantitative estimate of drug-likeness (QED) is 0.333. The fourth-order valence-corrected chi connectivity index (χ4v) is 1.27. The van der Waals surface area contributed by atoms with E-state index >= 15 is 0 Å². The minimum atomic E-state index is 1.20. The second-order valence-electron chi connectivity index (χ2n) is 3.56. The maximum absolute atomic E-state index is 3.57. The zero-order valence-electron chi connectivity index (χ0n) is 9.54. The molecule has 1 rings (SSSR count). The van der Waals surface area contributed by atoms with Gasteiger partial charge in [-0.2, -0.15) is 0 Å². The van der Waals surface area contributed by atoms with Gasteiger partial charge in [0.1, 0.15) is 0 Å². The smallest absolute Gasteiger partial charge is 0.0348 e. The molecule has 0 spiro atoms. The van der Waals surface area contributed by atoms with Crippen molar-refractivity contribution in [3.63, 3.8) is 0 Å². The maximum atomic E-state index is 3.57. The van der Waals surface area contributed by atoms with E-state index in [4.69, 9.17) is 0 Å². The highest BCUT2D eigenvalue weighted by Crippen LogP contribution is 2.07. The molecule has 0 aromatic rings. The second-order valence-corrected chi connectivity index (χ2v) is 3.56. The van der Waals surface area contributed by atoms with Crippen LogP contribution < -0.4 is 0 Å². The Balaban J connectivity index is 0.000000249. The predicted octanol–water partition coefficient (Wildman–Crippen LogP) is 5.04. The lowest BCUT2D eigenvalue weighted by Gasteiger charge is -1.97. The molecule has 0 saturated carbocycles. The number of hydrogen-bond donors (Lipinski definition) is 0. The predicted molar refractivity (Wildman–Crippen MR) is 66.5 cm³/mol. The van der Waals surface area contributed by atoms with Crippen LogP contribution in [0.4, 0.5) is 0 Å². The van der Waals surface area contributed by atoms with Crippen LogP contribution >= 0.6 is 0 Å². The third kappa shape index (κ3) is 11.2. The molecule has 0 aliphatic heterocycles. The van der Waals surface area contributed by atoms with Gasteiger partial charge in [-0.25, -0.2) is 0 Å². The van der Waals surface area contributed by atoms with Crippen LogP contribution in [0.25, 0.3) is 0 Å². The van der Waals surface area contributed by atoms with Gasteiger partial charge in [0.25, 0.3) is 0 Å². The average Bonchev–Trinajstić information content (AvgIpc) is 2.28. The SMILES string of the molecule is C1=CCCCC1.C=CC=CCCCC. The Labute approximate surface area is 89.4 Å². The maximum Gasteiger partial charge on any atom is -0.0348 e. The van der Waals surface area contributed by atoms with Crippen molar-refractivity contribution in [2.24, 2.45) is 0 Å². The van der Waals surface area contributed by atoms with Gasteiger partial charge in [0.05, 0.1) is 0 Å². The van der Waals surface area contributed by atoms with Gasteiger partial charge >= 0.3 is 0 Å². The Morgan fingerprint density at radius 3 is 2.21 bits per heavy atom. The number of unbranched alkanes of at least 4 members (excludes halogenated alkanes) is 2. The first-order chi connectivity index (χ1) is 6.91. The molecule has 0 aromatic heterocycles. The molecule has 0 N–H and O–H groups in total. The summed E-state index contributed by atoms with van der Waals surface area (Å²) in [6.45, 7) is 5.77. The van der Waals surface area contributed by atoms with Gasteiger partial charge in [0.2, 0.25) is 0 Å². The summed E-state index contributed by atoms with van der Waals surface area (Å²) in [5, 5.41) is 0. The highest BCUT2D eigenvalue weighted by molar-refractivity contribution is 4.96. The molecule has 1 aliphatic carbocycles. The third-order valence-electron chi connectivity index (χ3n) is 2.15. The second kappa shape index (κ2) is 12.2. The summed E-state index contributed by atoms with van der Waals surface area (Å²) in [6, 6.07) is 0. The lowest BCUT2D eigenvalue weighted by atomic mass is 10.1. The summed E-state index contributed by atoms with van der Waals surface area (Å²) >= 11 is 0. The lowest BCUT2D eigenvalue weighted by Crippen LogP contribution is -1.77. The van der Waals surface area contributed by atoms with Crippen LogP contribution in [0, 0.1) is 0 Å². The molecule has 0 heterocycles. The van der Waals surface area contributed by atoms with Crippen molar-refractivity contribution in [3.8, 4) is 0 Å². The van der Waals surface area contributed by atoms with Gasteiger partial charge in [-0.05, 0) is 32.1 Å². The highest BCUT2D eigenvalue weighted by Gasteiger charge is 1.87. The third-order valence-corrected chi connectivity index (χ3v) is 2.15. The van der Waals surface area contributed by atoms with Gasteiger partial charge in [0, 0.05) is 0 Å². The fourth-order valence-electron chi connectivity index (χ4n) is 1.27. The average molecular weight is 192 g/mol. The Hall–Kier alpha value is -0.780. The van der Waals surface area contributed by atoms with E-state index in [0.29, 0.717) is 0 Å². The number of hydrogen-bond acceptors (Lipinski definition) is 0. The van der Waals surface area contributed by atoms with E-state index in [9.17, 15) is 0 Å². The van der Waals surface area contributed by atoms with E-state index in [1.165, 1.54) is 44.9 Å². The largest absolute Gasteiger partial charge is 0.0991 e. The molecule has 0 heteroatoms. The van der Waals surface area contributed by atoms with E-state index in [1.54, 1.807) is 0 Å². The molecule has 0 nitrogen and oxygen atoms in total. The summed E-state index contributed by atoms with van der Waals surface area (Å²) in [4.78, 5) is 0. The first-order valence-corrected chi connectivity index (χ1v) is 5.84. The van der Waals surface area contributed by atoms with Crippen LogP contribution in [-0.4, -0.2) is 0 Å². The molecule has 0 atom stereocenters. The van der Waals surface area contributed by atoms with E-state index in [-0.39, 0.29) is 0 Å². The summed E-state index contributed by atoms with van der Waals surface area (Å²) in [7, 11) is 0. The van der Waals surface area contributed by atoms with Crippen LogP contribution in [0.2, 0.25) is 0 Å². The van der Waals surface area contributed by atoms with Crippen molar-refractivity contribution in [2.45, 2.75) is 51.9 Å². The van der Waals surface area contributed by atoms with Crippen LogP contribution in [0.1, 0.15) is 51.9 Å². The molecule has 0 radical (unpaired) electrons. The van der Waals surface area contributed by atoms with Crippen LogP contribution in [0.5, 0.6) is 0 Å². The van der Waals surface area contributed by atoms with Crippen molar-refractivity contribution in [3.05, 3.63) is 37.0 Å². The summed E-state index contributed by atoms with van der Waals surface area (Å²) in [6.07, 6.45) is 19.7. The molecule has 0 unspecified atom stereocenters. The molecule has 0 fully saturated rings. The fraction of sp³-hybridized carbons (Fsp3) is 0.571. The molecule has 1 aliphatic rings. The Kier molecular flexibility index (Phi) is 11.5. The van der Waals surface area contributed by atoms with Crippen LogP contribution in [0.15, 0.2) is 37.0 Å². The van der Waals surface area contributed by atoms with E-state index < -0.39 is 0 Å². The van der Waals surface area contributed by atoms with Gasteiger partial charge in [0.15, 0.2) is 0 Å². The number of rotatable bonds is 4. The van der Waals surface area contributed by atoms with Gasteiger partial charge in [-0.1, -0.05) is 56.7 Å². The Morgan fingerprint density at radius 1 is 1.21 bits per heavy atom. The van der Waals surface area contributed by atoms with Gasteiger partial charge < -0.3 is 0 Å². The minimum absolute atomic E-state index is 1.20. The molecule has 80 valence electrons. The molecular weight excluding hydrogens is 168 g/mol. The standard InChI is InChI=1S/C8H14.C6H10/c1-3-5-7-8-6-4-2;1-2-4-6-5-3-1/h3,5,7H,1,4,6,8H2,2H3;1-2H,3-6H2. The van der Waals surface area contributed by atoms with Crippen LogP contribution in [-0.2, 0) is 0 Å². The molecular formula is C14H24. The van der Waals surface area contributed by atoms with E-state index in [1.807, 2.05) is 12.2 Å². The Morgan fingerprint density at radius 2 is 1.86 bits per heavy atom. The summed E-state index contributed by atoms with van der Waals surface area (Å²) < 4.78 is 0. The highest BCUT2D eigenvalue weighted by atomic mass is 13.9. The number of allylic oxidation sites excluding steroid dienone is 5. The monoisotopic (exact) mass is 192 g/mol. The minimum Gasteiger partial charge on any atom is -0.0991 e. The lowest BCUT2D eigenvalue weighted by molar-refractivity contribution is 0.730. The van der Waals surface area contributed by atoms with E-state index in [2.05, 4.69) is 31.7 Å².